The van der Waals surface area contributed by atoms with Crippen LogP contribution in [0.2, 0.25) is 0 Å². The highest BCUT2D eigenvalue weighted by Crippen LogP contribution is 2.34. The number of benzene rings is 2. The molecule has 2 bridgehead atoms. The number of fused-ring (bicyclic) bond motifs is 2. The summed E-state index contributed by atoms with van der Waals surface area (Å²) in [7, 11) is 0. The summed E-state index contributed by atoms with van der Waals surface area (Å²) in [5, 5.41) is 9.22. The molecule has 0 radical (unpaired) electrons. The maximum absolute atomic E-state index is 13.3. The Kier molecular flexibility index (Phi) is 5.52. The molecule has 28 heavy (non-hydrogen) atoms. The van der Waals surface area contributed by atoms with Crippen molar-refractivity contribution in [3.63, 3.8) is 0 Å². The lowest BCUT2D eigenvalue weighted by Crippen LogP contribution is -2.57. The summed E-state index contributed by atoms with van der Waals surface area (Å²) in [6.45, 7) is 2.16. The summed E-state index contributed by atoms with van der Waals surface area (Å²) < 4.78 is 19.1. The zero-order valence-electron chi connectivity index (χ0n) is 15.7. The predicted octanol–water partition coefficient (Wildman–Crippen LogP) is 3.49. The lowest BCUT2D eigenvalue weighted by molar-refractivity contribution is -0.133. The highest BCUT2D eigenvalue weighted by Gasteiger charge is 2.41. The largest absolute Gasteiger partial charge is 0.378 e. The van der Waals surface area contributed by atoms with E-state index >= 15 is 0 Å². The Morgan fingerprint density at radius 2 is 1.86 bits per heavy atom. The molecule has 2 aliphatic rings. The Balaban J connectivity index is 1.45. The Morgan fingerprint density at radius 3 is 2.54 bits per heavy atom. The van der Waals surface area contributed by atoms with Gasteiger partial charge in [0.05, 0.1) is 24.8 Å². The van der Waals surface area contributed by atoms with Gasteiger partial charge in [-0.2, -0.15) is 5.26 Å². The highest BCUT2D eigenvalue weighted by molar-refractivity contribution is 5.84. The Labute approximate surface area is 164 Å². The summed E-state index contributed by atoms with van der Waals surface area (Å²) in [6, 6.07) is 16.9. The molecule has 2 fully saturated rings. The van der Waals surface area contributed by atoms with Gasteiger partial charge in [-0.3, -0.25) is 9.69 Å². The fourth-order valence-electron chi connectivity index (χ4n) is 4.44. The number of ether oxygens (including phenoxy) is 1. The Morgan fingerprint density at radius 1 is 1.14 bits per heavy atom. The standard InChI is InChI=1S/C23H23FN2O2/c24-20-7-6-17(19(8-20)12-25)11-23(27)18-9-21-14-28-15-22(10-18)26(21)13-16-4-2-1-3-5-16/h1-8,18,21-22H,9-11,13-15H2. The minimum Gasteiger partial charge on any atom is -0.378 e. The average molecular weight is 378 g/mol. The van der Waals surface area contributed by atoms with Gasteiger partial charge in [-0.15, -0.1) is 0 Å². The molecule has 0 N–H and O–H groups in total. The minimum absolute atomic E-state index is 0.0393. The van der Waals surface area contributed by atoms with Crippen LogP contribution in [-0.2, 0) is 22.5 Å². The number of halogens is 1. The first-order valence-electron chi connectivity index (χ1n) is 9.72. The van der Waals surface area contributed by atoms with E-state index in [1.807, 2.05) is 24.3 Å². The van der Waals surface area contributed by atoms with Crippen LogP contribution >= 0.6 is 0 Å². The molecule has 2 unspecified atom stereocenters. The van der Waals surface area contributed by atoms with Gasteiger partial charge < -0.3 is 4.74 Å². The fraction of sp³-hybridized carbons (Fsp3) is 0.391. The van der Waals surface area contributed by atoms with Gasteiger partial charge in [0.15, 0.2) is 0 Å². The second kappa shape index (κ2) is 8.22. The summed E-state index contributed by atoms with van der Waals surface area (Å²) >= 11 is 0. The first-order valence-corrected chi connectivity index (χ1v) is 9.72. The van der Waals surface area contributed by atoms with E-state index in [0.717, 1.165) is 19.4 Å². The number of nitriles is 1. The molecular formula is C23H23FN2O2. The number of carbonyl (C=O) groups is 1. The Bertz CT molecular complexity index is 879. The quantitative estimate of drug-likeness (QED) is 0.799. The molecule has 144 valence electrons. The maximum Gasteiger partial charge on any atom is 0.140 e. The van der Waals surface area contributed by atoms with Crippen LogP contribution in [-0.4, -0.2) is 36.0 Å². The molecule has 2 aromatic carbocycles. The van der Waals surface area contributed by atoms with E-state index in [0.29, 0.717) is 18.8 Å². The number of hydrogen-bond donors (Lipinski definition) is 0. The van der Waals surface area contributed by atoms with E-state index in [9.17, 15) is 14.4 Å². The van der Waals surface area contributed by atoms with E-state index in [2.05, 4.69) is 17.0 Å². The van der Waals surface area contributed by atoms with E-state index in [-0.39, 0.29) is 35.8 Å². The van der Waals surface area contributed by atoms with Crippen molar-refractivity contribution >= 4 is 5.78 Å². The van der Waals surface area contributed by atoms with Crippen molar-refractivity contribution in [2.45, 2.75) is 37.9 Å². The maximum atomic E-state index is 13.3. The van der Waals surface area contributed by atoms with Crippen LogP contribution in [0.4, 0.5) is 4.39 Å². The zero-order chi connectivity index (χ0) is 19.5. The number of Topliss-reactive ketones (excluding diaryl/α,β-unsaturated/α-hetero) is 1. The van der Waals surface area contributed by atoms with Crippen molar-refractivity contribution in [1.82, 2.24) is 4.90 Å². The van der Waals surface area contributed by atoms with Crippen LogP contribution in [0.3, 0.4) is 0 Å². The van der Waals surface area contributed by atoms with Gasteiger partial charge in [0.2, 0.25) is 0 Å². The van der Waals surface area contributed by atoms with Gasteiger partial charge in [0.25, 0.3) is 0 Å². The van der Waals surface area contributed by atoms with E-state index in [1.54, 1.807) is 6.07 Å². The molecular weight excluding hydrogens is 355 g/mol. The number of morpholine rings is 1. The molecule has 5 heteroatoms. The molecule has 0 aliphatic carbocycles. The van der Waals surface area contributed by atoms with Crippen molar-refractivity contribution in [1.29, 1.82) is 5.26 Å². The topological polar surface area (TPSA) is 53.3 Å². The summed E-state index contributed by atoms with van der Waals surface area (Å²) in [5.41, 5.74) is 2.13. The third kappa shape index (κ3) is 3.99. The van der Waals surface area contributed by atoms with Crippen LogP contribution in [0.15, 0.2) is 48.5 Å². The van der Waals surface area contributed by atoms with Crippen molar-refractivity contribution in [3.05, 3.63) is 71.0 Å². The summed E-state index contributed by atoms with van der Waals surface area (Å²) in [5.74, 6) is -0.351. The van der Waals surface area contributed by atoms with E-state index in [1.165, 1.54) is 17.7 Å². The van der Waals surface area contributed by atoms with Gasteiger partial charge in [-0.25, -0.2) is 4.39 Å². The first-order chi connectivity index (χ1) is 13.6. The van der Waals surface area contributed by atoms with Gasteiger partial charge in [0.1, 0.15) is 11.6 Å². The molecule has 4 nitrogen and oxygen atoms in total. The van der Waals surface area contributed by atoms with Crippen LogP contribution < -0.4 is 0 Å². The van der Waals surface area contributed by atoms with Gasteiger partial charge in [-0.05, 0) is 36.1 Å². The lowest BCUT2D eigenvalue weighted by Gasteiger charge is -2.48. The number of nitrogens with zero attached hydrogens (tertiary/aromatic N) is 2. The number of piperidine rings is 1. The second-order valence-electron chi connectivity index (χ2n) is 7.73. The van der Waals surface area contributed by atoms with Crippen molar-refractivity contribution in [2.24, 2.45) is 5.92 Å². The molecule has 0 spiro atoms. The minimum atomic E-state index is -0.450. The molecule has 0 amide bonds. The molecule has 2 heterocycles. The number of ketones is 1. The normalized spacial score (nSPS) is 24.5. The van der Waals surface area contributed by atoms with Crippen LogP contribution in [0, 0.1) is 23.1 Å². The smallest absolute Gasteiger partial charge is 0.140 e. The van der Waals surface area contributed by atoms with Gasteiger partial charge in [-0.1, -0.05) is 36.4 Å². The molecule has 2 saturated heterocycles. The van der Waals surface area contributed by atoms with Crippen LogP contribution in [0.25, 0.3) is 0 Å². The summed E-state index contributed by atoms with van der Waals surface area (Å²) in [6.07, 6.45) is 1.73. The third-order valence-electron chi connectivity index (χ3n) is 5.89. The molecule has 0 saturated carbocycles. The SMILES string of the molecule is N#Cc1cc(F)ccc1CC(=O)C1CC2COCC(C1)N2Cc1ccccc1. The van der Waals surface area contributed by atoms with Gasteiger partial charge in [0, 0.05) is 31.0 Å². The predicted molar refractivity (Wildman–Crippen MR) is 103 cm³/mol. The zero-order valence-corrected chi connectivity index (χ0v) is 15.7. The van der Waals surface area contributed by atoms with Crippen molar-refractivity contribution in [2.75, 3.05) is 13.2 Å². The number of carbonyl (C=O) groups excluding carboxylic acids is 1. The molecule has 0 aromatic heterocycles. The van der Waals surface area contributed by atoms with E-state index in [4.69, 9.17) is 4.74 Å². The van der Waals surface area contributed by atoms with Crippen molar-refractivity contribution in [3.8, 4) is 6.07 Å². The first kappa shape index (κ1) is 18.8. The highest BCUT2D eigenvalue weighted by atomic mass is 19.1. The number of hydrogen-bond acceptors (Lipinski definition) is 4. The number of rotatable bonds is 5. The monoisotopic (exact) mass is 378 g/mol. The third-order valence-corrected chi connectivity index (χ3v) is 5.89. The molecule has 4 rings (SSSR count). The summed E-state index contributed by atoms with van der Waals surface area (Å²) in [4.78, 5) is 15.4. The molecule has 2 aromatic rings. The molecule has 2 aliphatic heterocycles. The molecule has 2 atom stereocenters. The average Bonchev–Trinajstić information content (AvgIpc) is 2.69. The second-order valence-corrected chi connectivity index (χ2v) is 7.73. The Hall–Kier alpha value is -2.55. The van der Waals surface area contributed by atoms with Crippen molar-refractivity contribution < 1.29 is 13.9 Å². The lowest BCUT2D eigenvalue weighted by atomic mass is 9.80. The fourth-order valence-corrected chi connectivity index (χ4v) is 4.44. The van der Waals surface area contributed by atoms with Crippen LogP contribution in [0.1, 0.15) is 29.5 Å². The van der Waals surface area contributed by atoms with Gasteiger partial charge >= 0.3 is 0 Å². The van der Waals surface area contributed by atoms with Crippen LogP contribution in [0.5, 0.6) is 0 Å². The van der Waals surface area contributed by atoms with E-state index < -0.39 is 5.82 Å².